The number of rotatable bonds is 8. The summed E-state index contributed by atoms with van der Waals surface area (Å²) in [6, 6.07) is 18.7. The summed E-state index contributed by atoms with van der Waals surface area (Å²) in [6.45, 7) is 7.38. The number of nitrogens with zero attached hydrogens (tertiary/aromatic N) is 3. The molecule has 0 saturated carbocycles. The van der Waals surface area contributed by atoms with Crippen molar-refractivity contribution in [2.75, 3.05) is 50.7 Å². The molecule has 3 N–H and O–H groups in total. The maximum Gasteiger partial charge on any atom is 0.224 e. The molecule has 33 heavy (non-hydrogen) atoms. The number of hydrogen-bond donors (Lipinski definition) is 3. The number of carbonyl (C=O) groups is 1. The number of carbonyl (C=O) groups excluding carboxylic acids is 1. The van der Waals surface area contributed by atoms with Crippen molar-refractivity contribution in [1.82, 2.24) is 20.5 Å². The number of fused-ring (bicyclic) bond motifs is 1. The number of amides is 1. The van der Waals surface area contributed by atoms with E-state index in [-0.39, 0.29) is 5.91 Å². The third-order valence-corrected chi connectivity index (χ3v) is 6.06. The normalized spacial score (nSPS) is 14.5. The topological polar surface area (TPSA) is 75.8 Å². The van der Waals surface area contributed by atoms with Crippen LogP contribution in [0.3, 0.4) is 0 Å². The van der Waals surface area contributed by atoms with E-state index in [0.29, 0.717) is 13.0 Å². The van der Waals surface area contributed by atoms with Crippen LogP contribution in [0.1, 0.15) is 18.9 Å². The number of anilines is 1. The maximum atomic E-state index is 12.7. The molecule has 0 radical (unpaired) electrons. The van der Waals surface area contributed by atoms with Crippen LogP contribution < -0.4 is 15.5 Å². The van der Waals surface area contributed by atoms with E-state index < -0.39 is 0 Å². The molecular weight excluding hydrogens is 412 g/mol. The molecule has 2 aromatic carbocycles. The van der Waals surface area contributed by atoms with Crippen LogP contribution in [0.4, 0.5) is 5.69 Å². The summed E-state index contributed by atoms with van der Waals surface area (Å²) in [6.07, 6.45) is 3.41. The summed E-state index contributed by atoms with van der Waals surface area (Å²) in [4.78, 5) is 24.9. The van der Waals surface area contributed by atoms with Gasteiger partial charge in [-0.25, -0.2) is 0 Å². The SMILES string of the molecule is CCNC(=NCCC(=O)N1CCN(c2ccccc2)CC1)NCCc1c[nH]c2ccccc12. The van der Waals surface area contributed by atoms with Crippen LogP contribution in [0.15, 0.2) is 65.8 Å². The van der Waals surface area contributed by atoms with Crippen LogP contribution in [0.2, 0.25) is 0 Å². The van der Waals surface area contributed by atoms with Crippen molar-refractivity contribution in [3.05, 3.63) is 66.4 Å². The lowest BCUT2D eigenvalue weighted by molar-refractivity contribution is -0.131. The molecule has 1 fully saturated rings. The summed E-state index contributed by atoms with van der Waals surface area (Å²) in [5.74, 6) is 0.945. The van der Waals surface area contributed by atoms with Crippen molar-refractivity contribution in [2.45, 2.75) is 19.8 Å². The molecule has 1 aliphatic heterocycles. The number of aromatic amines is 1. The van der Waals surface area contributed by atoms with Crippen LogP contribution >= 0.6 is 0 Å². The molecule has 3 aromatic rings. The highest BCUT2D eigenvalue weighted by Crippen LogP contribution is 2.18. The molecule has 1 saturated heterocycles. The van der Waals surface area contributed by atoms with Gasteiger partial charge in [0.25, 0.3) is 0 Å². The Morgan fingerprint density at radius 2 is 1.76 bits per heavy atom. The highest BCUT2D eigenvalue weighted by molar-refractivity contribution is 5.83. The molecule has 0 spiro atoms. The molecule has 174 valence electrons. The highest BCUT2D eigenvalue weighted by atomic mass is 16.2. The van der Waals surface area contributed by atoms with E-state index in [9.17, 15) is 4.79 Å². The molecule has 0 atom stereocenters. The van der Waals surface area contributed by atoms with Gasteiger partial charge in [-0.1, -0.05) is 36.4 Å². The van der Waals surface area contributed by atoms with E-state index in [1.807, 2.05) is 24.0 Å². The van der Waals surface area contributed by atoms with Crippen LogP contribution in [-0.2, 0) is 11.2 Å². The lowest BCUT2D eigenvalue weighted by Crippen LogP contribution is -2.49. The number of H-pyrrole nitrogens is 1. The number of para-hydroxylation sites is 2. The average molecular weight is 447 g/mol. The lowest BCUT2D eigenvalue weighted by atomic mass is 10.1. The van der Waals surface area contributed by atoms with E-state index in [1.54, 1.807) is 0 Å². The second-order valence-corrected chi connectivity index (χ2v) is 8.25. The number of nitrogens with one attached hydrogen (secondary N) is 3. The molecule has 7 heteroatoms. The highest BCUT2D eigenvalue weighted by Gasteiger charge is 2.20. The fourth-order valence-electron chi connectivity index (χ4n) is 4.27. The Morgan fingerprint density at radius 3 is 2.55 bits per heavy atom. The van der Waals surface area contributed by atoms with Gasteiger partial charge < -0.3 is 25.4 Å². The average Bonchev–Trinajstić information content (AvgIpc) is 3.28. The molecule has 4 rings (SSSR count). The van der Waals surface area contributed by atoms with Crippen molar-refractivity contribution >= 4 is 28.5 Å². The molecule has 1 amide bonds. The zero-order chi connectivity index (χ0) is 22.9. The molecule has 1 aliphatic rings. The van der Waals surface area contributed by atoms with Gasteiger partial charge >= 0.3 is 0 Å². The van der Waals surface area contributed by atoms with Crippen LogP contribution in [0.5, 0.6) is 0 Å². The van der Waals surface area contributed by atoms with Gasteiger partial charge in [0.15, 0.2) is 5.96 Å². The van der Waals surface area contributed by atoms with Gasteiger partial charge in [0.1, 0.15) is 0 Å². The molecule has 0 bridgehead atoms. The lowest BCUT2D eigenvalue weighted by Gasteiger charge is -2.36. The Kier molecular flexibility index (Phi) is 7.85. The van der Waals surface area contributed by atoms with Crippen molar-refractivity contribution < 1.29 is 4.79 Å². The van der Waals surface area contributed by atoms with E-state index in [2.05, 4.69) is 74.2 Å². The predicted octanol–water partition coefficient (Wildman–Crippen LogP) is 3.00. The number of piperazine rings is 1. The third kappa shape index (κ3) is 6.06. The molecule has 0 unspecified atom stereocenters. The van der Waals surface area contributed by atoms with Gasteiger partial charge in [-0.05, 0) is 37.1 Å². The Bertz CT molecular complexity index is 1050. The van der Waals surface area contributed by atoms with Gasteiger partial charge in [0.2, 0.25) is 5.91 Å². The van der Waals surface area contributed by atoms with Gasteiger partial charge in [-0.2, -0.15) is 0 Å². The smallest absolute Gasteiger partial charge is 0.224 e. The van der Waals surface area contributed by atoms with Crippen LogP contribution in [0.25, 0.3) is 10.9 Å². The Hall–Kier alpha value is -3.48. The second kappa shape index (κ2) is 11.4. The minimum Gasteiger partial charge on any atom is -0.368 e. The minimum absolute atomic E-state index is 0.182. The van der Waals surface area contributed by atoms with Crippen LogP contribution in [-0.4, -0.2) is 67.6 Å². The Morgan fingerprint density at radius 1 is 1.00 bits per heavy atom. The van der Waals surface area contributed by atoms with Gasteiger partial charge in [-0.3, -0.25) is 9.79 Å². The molecule has 7 nitrogen and oxygen atoms in total. The van der Waals surface area contributed by atoms with Crippen molar-refractivity contribution in [1.29, 1.82) is 0 Å². The Labute approximate surface area is 195 Å². The fourth-order valence-corrected chi connectivity index (χ4v) is 4.27. The van der Waals surface area contributed by atoms with Gasteiger partial charge in [-0.15, -0.1) is 0 Å². The van der Waals surface area contributed by atoms with E-state index in [1.165, 1.54) is 16.6 Å². The zero-order valence-corrected chi connectivity index (χ0v) is 19.4. The minimum atomic E-state index is 0.182. The molecule has 1 aromatic heterocycles. The third-order valence-electron chi connectivity index (χ3n) is 6.06. The largest absolute Gasteiger partial charge is 0.368 e. The van der Waals surface area contributed by atoms with Crippen molar-refractivity contribution in [3.8, 4) is 0 Å². The molecular formula is C26H34N6O. The summed E-state index contributed by atoms with van der Waals surface area (Å²) in [7, 11) is 0. The predicted molar refractivity (Wildman–Crippen MR) is 136 cm³/mol. The molecule has 0 aliphatic carbocycles. The monoisotopic (exact) mass is 446 g/mol. The maximum absolute atomic E-state index is 12.7. The first-order valence-corrected chi connectivity index (χ1v) is 11.9. The standard InChI is InChI=1S/C26H34N6O/c1-2-27-26(28-14-12-21-20-30-24-11-7-6-10-23(21)24)29-15-13-25(33)32-18-16-31(17-19-32)22-8-4-3-5-9-22/h3-11,20,30H,2,12-19H2,1H3,(H2,27,28,29). The summed E-state index contributed by atoms with van der Waals surface area (Å²) in [5, 5.41) is 7.93. The number of guanidine groups is 1. The summed E-state index contributed by atoms with van der Waals surface area (Å²) >= 11 is 0. The number of aliphatic imine (C=N–C) groups is 1. The number of hydrogen-bond acceptors (Lipinski definition) is 3. The Balaban J connectivity index is 1.21. The second-order valence-electron chi connectivity index (χ2n) is 8.25. The number of benzene rings is 2. The molecule has 2 heterocycles. The fraction of sp³-hybridized carbons (Fsp3) is 0.385. The first-order valence-electron chi connectivity index (χ1n) is 11.9. The first kappa shape index (κ1) is 22.7. The van der Waals surface area contributed by atoms with Crippen molar-refractivity contribution in [3.63, 3.8) is 0 Å². The van der Waals surface area contributed by atoms with Crippen LogP contribution in [0, 0.1) is 0 Å². The quantitative estimate of drug-likeness (QED) is 0.367. The first-order chi connectivity index (χ1) is 16.2. The summed E-state index contributed by atoms with van der Waals surface area (Å²) in [5.41, 5.74) is 3.68. The van der Waals surface area contributed by atoms with Crippen molar-refractivity contribution in [2.24, 2.45) is 4.99 Å². The number of aromatic nitrogens is 1. The zero-order valence-electron chi connectivity index (χ0n) is 19.4. The van der Waals surface area contributed by atoms with E-state index in [4.69, 9.17) is 0 Å². The summed E-state index contributed by atoms with van der Waals surface area (Å²) < 4.78 is 0. The van der Waals surface area contributed by atoms with Gasteiger partial charge in [0, 0.05) is 68.5 Å². The van der Waals surface area contributed by atoms with Gasteiger partial charge in [0.05, 0.1) is 6.54 Å². The van der Waals surface area contributed by atoms with E-state index >= 15 is 0 Å². The van der Waals surface area contributed by atoms with E-state index in [0.717, 1.165) is 57.2 Å².